The van der Waals surface area contributed by atoms with Gasteiger partial charge in [0.1, 0.15) is 5.75 Å². The number of hydrogen-bond acceptors (Lipinski definition) is 9. The van der Waals surface area contributed by atoms with Crippen LogP contribution in [-0.2, 0) is 19.1 Å². The standard InChI is InChI=1S/C29H29NO9/c1-19(2)17-38-28(34)21-8-12-22(13-9-21)30-26(32)6-3-7-27(33)37-18-24(31)20-10-14-23(15-11-20)39-29(35)25-5-4-16-36-25/h4-5,8-16,19H,3,6-7,17-18H2,1-2H3,(H,30,32). The normalized spacial score (nSPS) is 10.5. The van der Waals surface area contributed by atoms with Crippen LogP contribution in [0.4, 0.5) is 5.69 Å². The molecule has 0 unspecified atom stereocenters. The van der Waals surface area contributed by atoms with Crippen molar-refractivity contribution in [1.29, 1.82) is 0 Å². The molecule has 0 spiro atoms. The maximum Gasteiger partial charge on any atom is 0.379 e. The van der Waals surface area contributed by atoms with Gasteiger partial charge >= 0.3 is 17.9 Å². The Morgan fingerprint density at radius 3 is 2.15 bits per heavy atom. The summed E-state index contributed by atoms with van der Waals surface area (Å²) in [6.07, 6.45) is 1.61. The summed E-state index contributed by atoms with van der Waals surface area (Å²) in [5, 5.41) is 2.69. The average Bonchev–Trinajstić information content (AvgIpc) is 3.46. The minimum absolute atomic E-state index is 0.0387. The van der Waals surface area contributed by atoms with Gasteiger partial charge in [0.25, 0.3) is 0 Å². The van der Waals surface area contributed by atoms with Gasteiger partial charge in [0, 0.05) is 24.1 Å². The third-order valence-electron chi connectivity index (χ3n) is 5.21. The number of amides is 1. The molecule has 1 N–H and O–H groups in total. The molecule has 0 saturated heterocycles. The van der Waals surface area contributed by atoms with Gasteiger partial charge in [-0.2, -0.15) is 0 Å². The maximum absolute atomic E-state index is 12.3. The van der Waals surface area contributed by atoms with Crippen LogP contribution in [0, 0.1) is 5.92 Å². The zero-order valence-electron chi connectivity index (χ0n) is 21.6. The van der Waals surface area contributed by atoms with Crippen molar-refractivity contribution in [2.75, 3.05) is 18.5 Å². The van der Waals surface area contributed by atoms with E-state index in [4.69, 9.17) is 18.6 Å². The van der Waals surface area contributed by atoms with E-state index in [9.17, 15) is 24.0 Å². The number of ether oxygens (including phenoxy) is 3. The fourth-order valence-corrected chi connectivity index (χ4v) is 3.19. The molecule has 10 heteroatoms. The summed E-state index contributed by atoms with van der Waals surface area (Å²) in [7, 11) is 0. The number of nitrogens with one attached hydrogen (secondary N) is 1. The number of carbonyl (C=O) groups excluding carboxylic acids is 5. The molecule has 0 aliphatic heterocycles. The van der Waals surface area contributed by atoms with Crippen molar-refractivity contribution in [2.24, 2.45) is 5.92 Å². The molecule has 10 nitrogen and oxygen atoms in total. The zero-order chi connectivity index (χ0) is 28.2. The van der Waals surface area contributed by atoms with E-state index < -0.39 is 30.3 Å². The molecule has 2 aromatic carbocycles. The lowest BCUT2D eigenvalue weighted by Gasteiger charge is -2.09. The molecule has 39 heavy (non-hydrogen) atoms. The van der Waals surface area contributed by atoms with Crippen molar-refractivity contribution >= 4 is 35.3 Å². The SMILES string of the molecule is CC(C)COC(=O)c1ccc(NC(=O)CCCC(=O)OCC(=O)c2ccc(OC(=O)c3ccco3)cc2)cc1. The highest BCUT2D eigenvalue weighted by Crippen LogP contribution is 2.16. The molecule has 1 heterocycles. The maximum atomic E-state index is 12.3. The van der Waals surface area contributed by atoms with Crippen LogP contribution in [0.1, 0.15) is 64.4 Å². The van der Waals surface area contributed by atoms with E-state index in [0.29, 0.717) is 17.9 Å². The number of rotatable bonds is 13. The van der Waals surface area contributed by atoms with E-state index in [0.717, 1.165) is 0 Å². The molecule has 0 saturated carbocycles. The molecule has 0 radical (unpaired) electrons. The molecular weight excluding hydrogens is 506 g/mol. The van der Waals surface area contributed by atoms with E-state index in [-0.39, 0.29) is 48.2 Å². The fourth-order valence-electron chi connectivity index (χ4n) is 3.19. The molecule has 3 aromatic rings. The number of carbonyl (C=O) groups is 5. The van der Waals surface area contributed by atoms with Gasteiger partial charge in [0.15, 0.2) is 12.4 Å². The van der Waals surface area contributed by atoms with Crippen LogP contribution in [0.3, 0.4) is 0 Å². The molecule has 204 valence electrons. The smallest absolute Gasteiger partial charge is 0.379 e. The summed E-state index contributed by atoms with van der Waals surface area (Å²) in [6.45, 7) is 3.76. The third kappa shape index (κ3) is 9.58. The number of furan rings is 1. The lowest BCUT2D eigenvalue weighted by molar-refractivity contribution is -0.142. The highest BCUT2D eigenvalue weighted by atomic mass is 16.5. The van der Waals surface area contributed by atoms with E-state index in [2.05, 4.69) is 5.32 Å². The first kappa shape index (κ1) is 28.8. The summed E-state index contributed by atoms with van der Waals surface area (Å²) in [5.41, 5.74) is 1.17. The van der Waals surface area contributed by atoms with Crippen LogP contribution in [0.5, 0.6) is 5.75 Å². The van der Waals surface area contributed by atoms with Crippen molar-refractivity contribution in [3.63, 3.8) is 0 Å². The Morgan fingerprint density at radius 1 is 0.821 bits per heavy atom. The first-order valence-corrected chi connectivity index (χ1v) is 12.3. The fraction of sp³-hybridized carbons (Fsp3) is 0.276. The van der Waals surface area contributed by atoms with Crippen LogP contribution >= 0.6 is 0 Å². The molecular formula is C29H29NO9. The van der Waals surface area contributed by atoms with Gasteiger partial charge in [-0.05, 0) is 73.0 Å². The van der Waals surface area contributed by atoms with Crippen molar-refractivity contribution in [3.05, 3.63) is 83.8 Å². The molecule has 1 amide bonds. The molecule has 0 fully saturated rings. The van der Waals surface area contributed by atoms with Crippen molar-refractivity contribution in [3.8, 4) is 5.75 Å². The van der Waals surface area contributed by atoms with Gasteiger partial charge in [0.2, 0.25) is 11.7 Å². The lowest BCUT2D eigenvalue weighted by Crippen LogP contribution is -2.16. The van der Waals surface area contributed by atoms with E-state index >= 15 is 0 Å². The Morgan fingerprint density at radius 2 is 1.51 bits per heavy atom. The monoisotopic (exact) mass is 535 g/mol. The van der Waals surface area contributed by atoms with E-state index in [1.807, 2.05) is 13.8 Å². The van der Waals surface area contributed by atoms with Gasteiger partial charge in [-0.25, -0.2) is 9.59 Å². The van der Waals surface area contributed by atoms with Crippen LogP contribution < -0.4 is 10.1 Å². The van der Waals surface area contributed by atoms with Crippen LogP contribution in [-0.4, -0.2) is 42.8 Å². The van der Waals surface area contributed by atoms with Gasteiger partial charge in [-0.15, -0.1) is 0 Å². The number of anilines is 1. The Balaban J connectivity index is 1.33. The van der Waals surface area contributed by atoms with Crippen molar-refractivity contribution in [2.45, 2.75) is 33.1 Å². The lowest BCUT2D eigenvalue weighted by atomic mass is 10.1. The highest BCUT2D eigenvalue weighted by Gasteiger charge is 2.14. The second-order valence-corrected chi connectivity index (χ2v) is 8.95. The highest BCUT2D eigenvalue weighted by molar-refractivity contribution is 5.98. The topological polar surface area (TPSA) is 138 Å². The van der Waals surface area contributed by atoms with E-state index in [1.165, 1.54) is 36.6 Å². The summed E-state index contributed by atoms with van der Waals surface area (Å²) >= 11 is 0. The minimum atomic E-state index is -0.668. The van der Waals surface area contributed by atoms with Crippen LogP contribution in [0.25, 0.3) is 0 Å². The van der Waals surface area contributed by atoms with Crippen molar-refractivity contribution < 1.29 is 42.6 Å². The minimum Gasteiger partial charge on any atom is -0.462 e. The Bertz CT molecular complexity index is 1280. The number of esters is 3. The van der Waals surface area contributed by atoms with Gasteiger partial charge < -0.3 is 23.9 Å². The first-order valence-electron chi connectivity index (χ1n) is 12.3. The molecule has 1 aromatic heterocycles. The Labute approximate surface area is 225 Å². The van der Waals surface area contributed by atoms with E-state index in [1.54, 1.807) is 30.3 Å². The predicted molar refractivity (Wildman–Crippen MR) is 139 cm³/mol. The summed E-state index contributed by atoms with van der Waals surface area (Å²) in [4.78, 5) is 60.3. The number of hydrogen-bond donors (Lipinski definition) is 1. The summed E-state index contributed by atoms with van der Waals surface area (Å²) < 4.78 is 20.3. The number of Topliss-reactive ketones (excluding diaryl/α,β-unsaturated/α-hetero) is 1. The predicted octanol–water partition coefficient (Wildman–Crippen LogP) is 4.85. The second kappa shape index (κ2) is 14.3. The first-order chi connectivity index (χ1) is 18.7. The second-order valence-electron chi connectivity index (χ2n) is 8.95. The van der Waals surface area contributed by atoms with Crippen molar-refractivity contribution in [1.82, 2.24) is 0 Å². The molecule has 0 aliphatic rings. The third-order valence-corrected chi connectivity index (χ3v) is 5.21. The Kier molecular flexibility index (Phi) is 10.6. The average molecular weight is 536 g/mol. The molecule has 0 atom stereocenters. The molecule has 0 bridgehead atoms. The largest absolute Gasteiger partial charge is 0.462 e. The van der Waals surface area contributed by atoms with Gasteiger partial charge in [-0.3, -0.25) is 14.4 Å². The quantitative estimate of drug-likeness (QED) is 0.185. The summed E-state index contributed by atoms with van der Waals surface area (Å²) in [6, 6.07) is 15.1. The molecule has 0 aliphatic carbocycles. The number of ketones is 1. The van der Waals surface area contributed by atoms with Gasteiger partial charge in [-0.1, -0.05) is 13.8 Å². The number of benzene rings is 2. The zero-order valence-corrected chi connectivity index (χ0v) is 21.6. The Hall–Kier alpha value is -4.73. The van der Waals surface area contributed by atoms with Crippen LogP contribution in [0.2, 0.25) is 0 Å². The van der Waals surface area contributed by atoms with Gasteiger partial charge in [0.05, 0.1) is 18.4 Å². The molecule has 3 rings (SSSR count). The van der Waals surface area contributed by atoms with Crippen LogP contribution in [0.15, 0.2) is 71.3 Å². The summed E-state index contributed by atoms with van der Waals surface area (Å²) in [5.74, 6) is -1.93.